The predicted octanol–water partition coefficient (Wildman–Crippen LogP) is 2.13. The molecule has 0 amide bonds. The van der Waals surface area contributed by atoms with Crippen LogP contribution in [0.15, 0.2) is 23.3 Å². The molecule has 2 aliphatic rings. The number of Topliss-reactive ketones (excluding diaryl/α,β-unsaturated/α-hetero) is 2. The summed E-state index contributed by atoms with van der Waals surface area (Å²) in [5.41, 5.74) is 1.47. The van der Waals surface area contributed by atoms with E-state index in [0.717, 1.165) is 5.57 Å². The molecule has 0 aromatic heterocycles. The van der Waals surface area contributed by atoms with E-state index < -0.39 is 12.0 Å². The number of carbonyl (C=O) groups is 2. The number of ketones is 2. The van der Waals surface area contributed by atoms with E-state index in [0.29, 0.717) is 18.4 Å². The zero-order valence-corrected chi connectivity index (χ0v) is 14.2. The van der Waals surface area contributed by atoms with Crippen LogP contribution in [0.3, 0.4) is 0 Å². The van der Waals surface area contributed by atoms with Crippen LogP contribution in [0.5, 0.6) is 0 Å². The van der Waals surface area contributed by atoms with Crippen molar-refractivity contribution in [2.75, 3.05) is 7.05 Å². The maximum atomic E-state index is 12.6. The summed E-state index contributed by atoms with van der Waals surface area (Å²) in [4.78, 5) is 27.2. The Balaban J connectivity index is 2.27. The number of hydrogen-bond donors (Lipinski definition) is 1. The molecular weight excluding hydrogens is 278 g/mol. The number of hydrogen-bond acceptors (Lipinski definition) is 4. The fraction of sp³-hybridized carbons (Fsp3) is 0.667. The highest BCUT2D eigenvalue weighted by atomic mass is 16.3. The van der Waals surface area contributed by atoms with Gasteiger partial charge in [-0.2, -0.15) is 0 Å². The minimum absolute atomic E-state index is 0.0187. The minimum Gasteiger partial charge on any atom is -0.391 e. The Labute approximate surface area is 132 Å². The summed E-state index contributed by atoms with van der Waals surface area (Å²) >= 11 is 0. The molecule has 1 N–H and O–H groups in total. The van der Waals surface area contributed by atoms with Crippen LogP contribution in [0.25, 0.3) is 0 Å². The fourth-order valence-electron chi connectivity index (χ4n) is 3.92. The van der Waals surface area contributed by atoms with Crippen molar-refractivity contribution in [1.29, 1.82) is 0 Å². The standard InChI is InChI=1S/C18H27NO3/c1-6-10(3)16(20)12-8-13-15(17(21)11(4)7-2)18(22)14(9-12)19(13)5/h6-7,12-15,18,22H,8-9H2,1-5H3. The second kappa shape index (κ2) is 6.47. The first-order valence-corrected chi connectivity index (χ1v) is 8.07. The van der Waals surface area contributed by atoms with Gasteiger partial charge in [0.25, 0.3) is 0 Å². The monoisotopic (exact) mass is 305 g/mol. The van der Waals surface area contributed by atoms with E-state index in [1.54, 1.807) is 13.0 Å². The van der Waals surface area contributed by atoms with E-state index in [2.05, 4.69) is 4.90 Å². The second-order valence-corrected chi connectivity index (χ2v) is 6.66. The van der Waals surface area contributed by atoms with E-state index in [1.807, 2.05) is 33.9 Å². The highest BCUT2D eigenvalue weighted by molar-refractivity contribution is 5.99. The molecule has 5 unspecified atom stereocenters. The number of aliphatic hydroxyl groups is 1. The number of piperidine rings is 1. The van der Waals surface area contributed by atoms with Crippen LogP contribution in [0.1, 0.15) is 40.5 Å². The maximum Gasteiger partial charge on any atom is 0.165 e. The van der Waals surface area contributed by atoms with Gasteiger partial charge in [-0.15, -0.1) is 0 Å². The Morgan fingerprint density at radius 1 is 1.00 bits per heavy atom. The van der Waals surface area contributed by atoms with Crippen molar-refractivity contribution in [3.05, 3.63) is 23.3 Å². The number of nitrogens with zero attached hydrogens (tertiary/aromatic N) is 1. The highest BCUT2D eigenvalue weighted by Gasteiger charge is 2.54. The van der Waals surface area contributed by atoms with E-state index in [1.165, 1.54) is 0 Å². The number of aliphatic hydroxyl groups excluding tert-OH is 1. The van der Waals surface area contributed by atoms with Gasteiger partial charge < -0.3 is 5.11 Å². The van der Waals surface area contributed by atoms with Gasteiger partial charge >= 0.3 is 0 Å². The molecule has 5 atom stereocenters. The lowest BCUT2D eigenvalue weighted by molar-refractivity contribution is -0.124. The molecule has 22 heavy (non-hydrogen) atoms. The van der Waals surface area contributed by atoms with Gasteiger partial charge in [-0.1, -0.05) is 12.2 Å². The molecule has 0 radical (unpaired) electrons. The second-order valence-electron chi connectivity index (χ2n) is 6.66. The van der Waals surface area contributed by atoms with Crippen LogP contribution in [-0.4, -0.2) is 46.8 Å². The van der Waals surface area contributed by atoms with Gasteiger partial charge in [0.2, 0.25) is 0 Å². The molecule has 2 heterocycles. The maximum absolute atomic E-state index is 12.6. The summed E-state index contributed by atoms with van der Waals surface area (Å²) in [5.74, 6) is -0.311. The van der Waals surface area contributed by atoms with Crippen molar-refractivity contribution < 1.29 is 14.7 Å². The van der Waals surface area contributed by atoms with Crippen LogP contribution >= 0.6 is 0 Å². The fourth-order valence-corrected chi connectivity index (χ4v) is 3.92. The minimum atomic E-state index is -0.680. The first kappa shape index (κ1) is 17.1. The largest absolute Gasteiger partial charge is 0.391 e. The summed E-state index contributed by atoms with van der Waals surface area (Å²) in [6.07, 6.45) is 4.24. The normalized spacial score (nSPS) is 36.5. The zero-order valence-electron chi connectivity index (χ0n) is 14.2. The molecule has 2 saturated heterocycles. The van der Waals surface area contributed by atoms with Gasteiger partial charge in [0.1, 0.15) is 0 Å². The highest BCUT2D eigenvalue weighted by Crippen LogP contribution is 2.43. The quantitative estimate of drug-likeness (QED) is 0.808. The lowest BCUT2D eigenvalue weighted by atomic mass is 9.83. The molecule has 4 heteroatoms. The van der Waals surface area contributed by atoms with Crippen molar-refractivity contribution >= 4 is 11.6 Å². The lowest BCUT2D eigenvalue weighted by Crippen LogP contribution is -2.44. The molecule has 2 aliphatic heterocycles. The number of likely N-dealkylation sites (N-methyl/N-ethyl adjacent to an activating group) is 1. The Kier molecular flexibility index (Phi) is 5.03. The van der Waals surface area contributed by atoms with Crippen molar-refractivity contribution in [1.82, 2.24) is 4.90 Å². The number of fused-ring (bicyclic) bond motifs is 2. The molecular formula is C18H27NO3. The van der Waals surface area contributed by atoms with Crippen molar-refractivity contribution in [2.24, 2.45) is 11.8 Å². The Bertz CT molecular complexity index is 534. The third-order valence-corrected chi connectivity index (χ3v) is 5.59. The molecule has 122 valence electrons. The molecule has 0 aliphatic carbocycles. The average molecular weight is 305 g/mol. The van der Waals surface area contributed by atoms with Gasteiger partial charge in [-0.3, -0.25) is 14.5 Å². The van der Waals surface area contributed by atoms with Gasteiger partial charge in [-0.25, -0.2) is 0 Å². The van der Waals surface area contributed by atoms with E-state index in [9.17, 15) is 14.7 Å². The summed E-state index contributed by atoms with van der Waals surface area (Å²) in [6.45, 7) is 7.34. The van der Waals surface area contributed by atoms with Crippen molar-refractivity contribution in [3.63, 3.8) is 0 Å². The molecule has 0 aromatic carbocycles. The molecule has 0 saturated carbocycles. The molecule has 0 spiro atoms. The lowest BCUT2D eigenvalue weighted by Gasteiger charge is -2.36. The van der Waals surface area contributed by atoms with Crippen LogP contribution in [0, 0.1) is 11.8 Å². The SMILES string of the molecule is CC=C(C)C(=O)C1CC2C(O)C(C(=O)C(C)=CC)C(C1)N2C. The van der Waals surface area contributed by atoms with Gasteiger partial charge in [0.15, 0.2) is 11.6 Å². The topological polar surface area (TPSA) is 57.6 Å². The zero-order chi connectivity index (χ0) is 16.6. The van der Waals surface area contributed by atoms with E-state index >= 15 is 0 Å². The van der Waals surface area contributed by atoms with Gasteiger partial charge in [-0.05, 0) is 58.7 Å². The van der Waals surface area contributed by atoms with Crippen LogP contribution in [0.2, 0.25) is 0 Å². The van der Waals surface area contributed by atoms with Gasteiger partial charge in [0, 0.05) is 18.0 Å². The first-order chi connectivity index (χ1) is 10.3. The third-order valence-electron chi connectivity index (χ3n) is 5.59. The Morgan fingerprint density at radius 3 is 2.05 bits per heavy atom. The molecule has 4 nitrogen and oxygen atoms in total. The average Bonchev–Trinajstić information content (AvgIpc) is 2.66. The summed E-state index contributed by atoms with van der Waals surface area (Å²) in [6, 6.07) is -0.147. The summed E-state index contributed by atoms with van der Waals surface area (Å²) in [5, 5.41) is 10.6. The Morgan fingerprint density at radius 2 is 1.50 bits per heavy atom. The van der Waals surface area contributed by atoms with E-state index in [4.69, 9.17) is 0 Å². The van der Waals surface area contributed by atoms with Crippen molar-refractivity contribution in [2.45, 2.75) is 58.7 Å². The van der Waals surface area contributed by atoms with Gasteiger partial charge in [0.05, 0.1) is 12.0 Å². The Hall–Kier alpha value is -1.26. The molecule has 2 rings (SSSR count). The summed E-state index contributed by atoms with van der Waals surface area (Å²) < 4.78 is 0. The number of rotatable bonds is 4. The molecule has 2 bridgehead atoms. The predicted molar refractivity (Wildman–Crippen MR) is 86.4 cm³/mol. The van der Waals surface area contributed by atoms with Crippen LogP contribution < -0.4 is 0 Å². The third kappa shape index (κ3) is 2.70. The number of carbonyl (C=O) groups excluding carboxylic acids is 2. The van der Waals surface area contributed by atoms with Crippen LogP contribution in [0.4, 0.5) is 0 Å². The van der Waals surface area contributed by atoms with Crippen LogP contribution in [-0.2, 0) is 9.59 Å². The molecule has 2 fully saturated rings. The molecule has 0 aromatic rings. The van der Waals surface area contributed by atoms with Crippen molar-refractivity contribution in [3.8, 4) is 0 Å². The first-order valence-electron chi connectivity index (χ1n) is 8.07. The van der Waals surface area contributed by atoms with E-state index in [-0.39, 0.29) is 29.6 Å². The summed E-state index contributed by atoms with van der Waals surface area (Å²) in [7, 11) is 1.96. The smallest absolute Gasteiger partial charge is 0.165 e. The number of allylic oxidation sites excluding steroid dienone is 4.